The Balaban J connectivity index is 1.56. The van der Waals surface area contributed by atoms with Crippen molar-refractivity contribution in [3.05, 3.63) is 42.5 Å². The number of piperazine rings is 1. The van der Waals surface area contributed by atoms with Gasteiger partial charge in [-0.25, -0.2) is 4.98 Å². The smallest absolute Gasteiger partial charge is 0.127 e. The van der Waals surface area contributed by atoms with Crippen molar-refractivity contribution in [1.82, 2.24) is 19.8 Å². The van der Waals surface area contributed by atoms with Crippen LogP contribution in [-0.2, 0) is 7.05 Å². The van der Waals surface area contributed by atoms with Gasteiger partial charge in [0, 0.05) is 50.5 Å². The Bertz CT molecular complexity index is 613. The maximum absolute atomic E-state index is 5.91. The zero-order chi connectivity index (χ0) is 16.1. The Kier molecular flexibility index (Phi) is 5.59. The second kappa shape index (κ2) is 7.86. The molecule has 0 saturated carbocycles. The highest BCUT2D eigenvalue weighted by Gasteiger charge is 2.26. The molecule has 1 unspecified atom stereocenters. The first-order valence-electron chi connectivity index (χ1n) is 7.97. The van der Waals surface area contributed by atoms with E-state index in [4.69, 9.17) is 4.74 Å². The van der Waals surface area contributed by atoms with Crippen LogP contribution < -0.4 is 10.1 Å². The first-order chi connectivity index (χ1) is 11.3. The minimum absolute atomic E-state index is 0.311. The highest BCUT2D eigenvalue weighted by atomic mass is 32.2. The first-order valence-corrected chi connectivity index (χ1v) is 9.19. The van der Waals surface area contributed by atoms with E-state index in [-0.39, 0.29) is 0 Å². The van der Waals surface area contributed by atoms with Gasteiger partial charge in [-0.15, -0.1) is 11.8 Å². The van der Waals surface area contributed by atoms with Gasteiger partial charge in [-0.1, -0.05) is 0 Å². The molecule has 1 aromatic carbocycles. The second-order valence-electron chi connectivity index (χ2n) is 5.68. The van der Waals surface area contributed by atoms with Gasteiger partial charge >= 0.3 is 0 Å². The van der Waals surface area contributed by atoms with Crippen molar-refractivity contribution in [1.29, 1.82) is 0 Å². The van der Waals surface area contributed by atoms with E-state index in [0.29, 0.717) is 12.6 Å². The predicted molar refractivity (Wildman–Crippen MR) is 94.1 cm³/mol. The van der Waals surface area contributed by atoms with Crippen LogP contribution in [0.25, 0.3) is 0 Å². The van der Waals surface area contributed by atoms with Gasteiger partial charge in [-0.05, 0) is 30.5 Å². The van der Waals surface area contributed by atoms with Crippen LogP contribution in [0.3, 0.4) is 0 Å². The lowest BCUT2D eigenvalue weighted by Gasteiger charge is -2.35. The minimum Gasteiger partial charge on any atom is -0.492 e. The molecule has 1 atom stereocenters. The van der Waals surface area contributed by atoms with Gasteiger partial charge in [0.15, 0.2) is 0 Å². The SMILES string of the molecule is CSc1ccc(OCCN2CCNCC2c2nccn2C)cc1. The molecule has 2 heterocycles. The molecule has 1 saturated heterocycles. The number of nitrogens with zero attached hydrogens (tertiary/aromatic N) is 3. The van der Waals surface area contributed by atoms with E-state index in [9.17, 15) is 0 Å². The summed E-state index contributed by atoms with van der Waals surface area (Å²) < 4.78 is 8.01. The maximum Gasteiger partial charge on any atom is 0.127 e. The third-order valence-corrected chi connectivity index (χ3v) is 4.96. The molecule has 1 aliphatic rings. The van der Waals surface area contributed by atoms with Crippen LogP contribution in [0.2, 0.25) is 0 Å². The number of ether oxygens (including phenoxy) is 1. The van der Waals surface area contributed by atoms with E-state index in [2.05, 4.69) is 45.2 Å². The number of aryl methyl sites for hydroxylation is 1. The Morgan fingerprint density at radius 3 is 2.87 bits per heavy atom. The van der Waals surface area contributed by atoms with Crippen LogP contribution in [0, 0.1) is 0 Å². The van der Waals surface area contributed by atoms with E-state index in [1.165, 1.54) is 4.90 Å². The van der Waals surface area contributed by atoms with Gasteiger partial charge in [0.25, 0.3) is 0 Å². The monoisotopic (exact) mass is 332 g/mol. The molecule has 0 spiro atoms. The van der Waals surface area contributed by atoms with E-state index < -0.39 is 0 Å². The molecule has 0 bridgehead atoms. The summed E-state index contributed by atoms with van der Waals surface area (Å²) in [5, 5.41) is 3.46. The lowest BCUT2D eigenvalue weighted by Crippen LogP contribution is -2.48. The summed E-state index contributed by atoms with van der Waals surface area (Å²) in [5.74, 6) is 2.05. The average molecular weight is 332 g/mol. The molecular weight excluding hydrogens is 308 g/mol. The maximum atomic E-state index is 5.91. The molecule has 0 radical (unpaired) electrons. The number of thioether (sulfide) groups is 1. The van der Waals surface area contributed by atoms with Gasteiger partial charge in [-0.3, -0.25) is 4.90 Å². The fourth-order valence-electron chi connectivity index (χ4n) is 2.92. The van der Waals surface area contributed by atoms with E-state index in [1.807, 2.05) is 24.5 Å². The lowest BCUT2D eigenvalue weighted by molar-refractivity contribution is 0.127. The van der Waals surface area contributed by atoms with Gasteiger partial charge in [0.2, 0.25) is 0 Å². The molecule has 0 aliphatic carbocycles. The highest BCUT2D eigenvalue weighted by Crippen LogP contribution is 2.21. The molecule has 1 aromatic heterocycles. The standard InChI is InChI=1S/C17H24N4OS/c1-20-9-8-19-17(20)16-13-18-7-10-21(16)11-12-22-14-3-5-15(23-2)6-4-14/h3-6,8-9,16,18H,7,10-13H2,1-2H3. The summed E-state index contributed by atoms with van der Waals surface area (Å²) in [5.41, 5.74) is 0. The Labute approximate surface area is 142 Å². The molecule has 6 heteroatoms. The number of rotatable bonds is 6. The number of hydrogen-bond donors (Lipinski definition) is 1. The molecular formula is C17H24N4OS. The second-order valence-corrected chi connectivity index (χ2v) is 6.56. The Morgan fingerprint density at radius 2 is 2.17 bits per heavy atom. The minimum atomic E-state index is 0.311. The number of imidazole rings is 1. The normalized spacial score (nSPS) is 19.0. The van der Waals surface area contributed by atoms with Gasteiger partial charge < -0.3 is 14.6 Å². The van der Waals surface area contributed by atoms with Crippen LogP contribution in [0.5, 0.6) is 5.75 Å². The predicted octanol–water partition coefficient (Wildman–Crippen LogP) is 2.17. The average Bonchev–Trinajstić information content (AvgIpc) is 3.02. The summed E-state index contributed by atoms with van der Waals surface area (Å²) in [4.78, 5) is 8.23. The number of hydrogen-bond acceptors (Lipinski definition) is 5. The molecule has 5 nitrogen and oxygen atoms in total. The summed E-state index contributed by atoms with van der Waals surface area (Å²) >= 11 is 1.74. The van der Waals surface area contributed by atoms with Crippen LogP contribution in [0.4, 0.5) is 0 Å². The topological polar surface area (TPSA) is 42.3 Å². The molecule has 1 fully saturated rings. The van der Waals surface area contributed by atoms with Crippen molar-refractivity contribution >= 4 is 11.8 Å². The van der Waals surface area contributed by atoms with Crippen LogP contribution in [0.15, 0.2) is 41.6 Å². The largest absolute Gasteiger partial charge is 0.492 e. The summed E-state index contributed by atoms with van der Waals surface area (Å²) in [6.07, 6.45) is 5.95. The molecule has 0 amide bonds. The fourth-order valence-corrected chi connectivity index (χ4v) is 3.33. The Hall–Kier alpha value is -1.50. The van der Waals surface area contributed by atoms with Gasteiger partial charge in [-0.2, -0.15) is 0 Å². The van der Waals surface area contributed by atoms with Crippen molar-refractivity contribution in [2.75, 3.05) is 39.0 Å². The van der Waals surface area contributed by atoms with Crippen molar-refractivity contribution in [2.24, 2.45) is 7.05 Å². The van der Waals surface area contributed by atoms with E-state index in [1.54, 1.807) is 11.8 Å². The molecule has 2 aromatic rings. The van der Waals surface area contributed by atoms with Crippen LogP contribution >= 0.6 is 11.8 Å². The van der Waals surface area contributed by atoms with Crippen molar-refractivity contribution in [2.45, 2.75) is 10.9 Å². The van der Waals surface area contributed by atoms with Crippen molar-refractivity contribution < 1.29 is 4.74 Å². The van der Waals surface area contributed by atoms with E-state index in [0.717, 1.165) is 37.8 Å². The summed E-state index contributed by atoms with van der Waals surface area (Å²) in [7, 11) is 2.05. The Morgan fingerprint density at radius 1 is 1.35 bits per heavy atom. The number of nitrogens with one attached hydrogen (secondary N) is 1. The summed E-state index contributed by atoms with van der Waals surface area (Å²) in [6, 6.07) is 8.59. The lowest BCUT2D eigenvalue weighted by atomic mass is 10.2. The zero-order valence-electron chi connectivity index (χ0n) is 13.7. The third kappa shape index (κ3) is 4.07. The highest BCUT2D eigenvalue weighted by molar-refractivity contribution is 7.98. The molecule has 1 aliphatic heterocycles. The molecule has 3 rings (SSSR count). The van der Waals surface area contributed by atoms with Gasteiger partial charge in [0.1, 0.15) is 18.2 Å². The zero-order valence-corrected chi connectivity index (χ0v) is 14.6. The van der Waals surface area contributed by atoms with Crippen LogP contribution in [0.1, 0.15) is 11.9 Å². The number of aromatic nitrogens is 2. The molecule has 1 N–H and O–H groups in total. The molecule has 124 valence electrons. The van der Waals surface area contributed by atoms with Crippen LogP contribution in [-0.4, -0.2) is 53.5 Å². The molecule has 23 heavy (non-hydrogen) atoms. The van der Waals surface area contributed by atoms with Gasteiger partial charge in [0.05, 0.1) is 6.04 Å². The third-order valence-electron chi connectivity index (χ3n) is 4.22. The summed E-state index contributed by atoms with van der Waals surface area (Å²) in [6.45, 7) is 4.58. The quantitative estimate of drug-likeness (QED) is 0.821. The fraction of sp³-hybridized carbons (Fsp3) is 0.471. The first kappa shape index (κ1) is 16.4. The van der Waals surface area contributed by atoms with Crippen molar-refractivity contribution in [3.8, 4) is 5.75 Å². The van der Waals surface area contributed by atoms with Crippen molar-refractivity contribution in [3.63, 3.8) is 0 Å². The number of benzene rings is 1. The van der Waals surface area contributed by atoms with E-state index >= 15 is 0 Å².